The van der Waals surface area contributed by atoms with Crippen LogP contribution in [0, 0.1) is 13.8 Å². The van der Waals surface area contributed by atoms with Crippen molar-refractivity contribution in [1.29, 1.82) is 0 Å². The summed E-state index contributed by atoms with van der Waals surface area (Å²) in [7, 11) is 1.46. The summed E-state index contributed by atoms with van der Waals surface area (Å²) in [4.78, 5) is 25.5. The van der Waals surface area contributed by atoms with Crippen LogP contribution in [0.25, 0.3) is 0 Å². The molecule has 1 aromatic carbocycles. The Labute approximate surface area is 118 Å². The Balaban J connectivity index is 2.07. The van der Waals surface area contributed by atoms with Gasteiger partial charge in [0.25, 0.3) is 0 Å². The van der Waals surface area contributed by atoms with Gasteiger partial charge in [-0.25, -0.2) is 0 Å². The van der Waals surface area contributed by atoms with Gasteiger partial charge in [-0.2, -0.15) is 0 Å². The minimum absolute atomic E-state index is 0.0204. The normalized spacial score (nSPS) is 18.4. The Morgan fingerprint density at radius 2 is 2.15 bits per heavy atom. The number of hydrogen-bond acceptors (Lipinski definition) is 3. The summed E-state index contributed by atoms with van der Waals surface area (Å²) in [5.41, 5.74) is 3.24. The summed E-state index contributed by atoms with van der Waals surface area (Å²) in [6.07, 6.45) is 0.626. The van der Waals surface area contributed by atoms with Crippen LogP contribution in [0.1, 0.15) is 17.5 Å². The van der Waals surface area contributed by atoms with Gasteiger partial charge in [-0.05, 0) is 43.5 Å². The third-order valence-corrected chi connectivity index (χ3v) is 3.62. The predicted octanol–water partition coefficient (Wildman–Crippen LogP) is 1.17. The molecule has 1 saturated heterocycles. The van der Waals surface area contributed by atoms with E-state index in [2.05, 4.69) is 5.32 Å². The van der Waals surface area contributed by atoms with Crippen molar-refractivity contribution in [2.45, 2.75) is 26.3 Å². The van der Waals surface area contributed by atoms with Gasteiger partial charge in [-0.3, -0.25) is 9.59 Å². The van der Waals surface area contributed by atoms with Crippen molar-refractivity contribution in [3.63, 3.8) is 0 Å². The Kier molecular flexibility index (Phi) is 4.39. The molecule has 1 fully saturated rings. The van der Waals surface area contributed by atoms with E-state index in [1.165, 1.54) is 12.7 Å². The number of nitrogens with one attached hydrogen (secondary N) is 1. The first-order valence-electron chi connectivity index (χ1n) is 6.70. The molecule has 108 valence electrons. The largest absolute Gasteiger partial charge is 0.375 e. The highest BCUT2D eigenvalue weighted by Crippen LogP contribution is 2.24. The SMILES string of the molecule is COCC(=O)N[C@@H]1CCN(c2ccc(C)c(C)c2)C1=O. The summed E-state index contributed by atoms with van der Waals surface area (Å²) < 4.78 is 4.75. The smallest absolute Gasteiger partial charge is 0.249 e. The second-order valence-electron chi connectivity index (χ2n) is 5.10. The van der Waals surface area contributed by atoms with E-state index in [4.69, 9.17) is 4.74 Å². The number of amides is 2. The van der Waals surface area contributed by atoms with Gasteiger partial charge in [-0.15, -0.1) is 0 Å². The lowest BCUT2D eigenvalue weighted by atomic mass is 10.1. The maximum absolute atomic E-state index is 12.3. The minimum atomic E-state index is -0.445. The van der Waals surface area contributed by atoms with Crippen molar-refractivity contribution in [2.75, 3.05) is 25.2 Å². The fraction of sp³-hybridized carbons (Fsp3) is 0.467. The summed E-state index contributed by atoms with van der Waals surface area (Å²) in [5, 5.41) is 2.70. The Morgan fingerprint density at radius 3 is 2.80 bits per heavy atom. The second-order valence-corrected chi connectivity index (χ2v) is 5.10. The van der Waals surface area contributed by atoms with Crippen LogP contribution in [-0.4, -0.2) is 38.1 Å². The molecule has 1 aromatic rings. The number of anilines is 1. The number of carbonyl (C=O) groups is 2. The van der Waals surface area contributed by atoms with Gasteiger partial charge in [0, 0.05) is 19.3 Å². The van der Waals surface area contributed by atoms with Gasteiger partial charge in [-0.1, -0.05) is 6.07 Å². The van der Waals surface area contributed by atoms with E-state index in [-0.39, 0.29) is 18.4 Å². The van der Waals surface area contributed by atoms with Gasteiger partial charge in [0.1, 0.15) is 12.6 Å². The first kappa shape index (κ1) is 14.5. The van der Waals surface area contributed by atoms with Crippen molar-refractivity contribution in [2.24, 2.45) is 0 Å². The molecule has 0 bridgehead atoms. The maximum atomic E-state index is 12.3. The molecule has 0 spiro atoms. The van der Waals surface area contributed by atoms with Crippen molar-refractivity contribution in [3.8, 4) is 0 Å². The monoisotopic (exact) mass is 276 g/mol. The fourth-order valence-corrected chi connectivity index (χ4v) is 2.33. The first-order valence-corrected chi connectivity index (χ1v) is 6.70. The summed E-state index contributed by atoms with van der Waals surface area (Å²) in [5.74, 6) is -0.314. The zero-order chi connectivity index (χ0) is 14.7. The lowest BCUT2D eigenvalue weighted by molar-refractivity contribution is -0.128. The number of hydrogen-bond donors (Lipinski definition) is 1. The van der Waals surface area contributed by atoms with Crippen LogP contribution in [-0.2, 0) is 14.3 Å². The number of carbonyl (C=O) groups excluding carboxylic acids is 2. The molecule has 1 aliphatic heterocycles. The molecule has 2 rings (SSSR count). The number of nitrogens with zero attached hydrogens (tertiary/aromatic N) is 1. The van der Waals surface area contributed by atoms with Crippen molar-refractivity contribution in [3.05, 3.63) is 29.3 Å². The van der Waals surface area contributed by atoms with Gasteiger partial charge < -0.3 is 15.0 Å². The maximum Gasteiger partial charge on any atom is 0.249 e. The van der Waals surface area contributed by atoms with E-state index in [0.717, 1.165) is 11.3 Å². The van der Waals surface area contributed by atoms with E-state index in [0.29, 0.717) is 13.0 Å². The Hall–Kier alpha value is -1.88. The standard InChI is InChI=1S/C15H20N2O3/c1-10-4-5-12(8-11(10)2)17-7-6-13(15(17)19)16-14(18)9-20-3/h4-5,8,13H,6-7,9H2,1-3H3,(H,16,18)/t13-/m1/s1. The van der Waals surface area contributed by atoms with Gasteiger partial charge in [0.15, 0.2) is 0 Å². The van der Waals surface area contributed by atoms with Crippen LogP contribution in [0.3, 0.4) is 0 Å². The van der Waals surface area contributed by atoms with Crippen LogP contribution in [0.2, 0.25) is 0 Å². The number of methoxy groups -OCH3 is 1. The van der Waals surface area contributed by atoms with E-state index < -0.39 is 6.04 Å². The fourth-order valence-electron chi connectivity index (χ4n) is 2.33. The molecule has 0 saturated carbocycles. The summed E-state index contributed by atoms with van der Waals surface area (Å²) in [6, 6.07) is 5.51. The van der Waals surface area contributed by atoms with Crippen molar-refractivity contribution >= 4 is 17.5 Å². The highest BCUT2D eigenvalue weighted by atomic mass is 16.5. The highest BCUT2D eigenvalue weighted by molar-refractivity contribution is 6.01. The number of rotatable bonds is 4. The average molecular weight is 276 g/mol. The number of benzene rings is 1. The van der Waals surface area contributed by atoms with E-state index >= 15 is 0 Å². The molecule has 5 heteroatoms. The first-order chi connectivity index (χ1) is 9.52. The van der Waals surface area contributed by atoms with Gasteiger partial charge in [0.05, 0.1) is 0 Å². The second kappa shape index (κ2) is 6.05. The van der Waals surface area contributed by atoms with E-state index in [9.17, 15) is 9.59 Å². The molecule has 1 atom stereocenters. The van der Waals surface area contributed by atoms with E-state index in [1.807, 2.05) is 32.0 Å². The Bertz CT molecular complexity index is 528. The molecule has 1 N–H and O–H groups in total. The summed E-state index contributed by atoms with van der Waals surface area (Å²) in [6.45, 7) is 4.67. The topological polar surface area (TPSA) is 58.6 Å². The lowest BCUT2D eigenvalue weighted by Crippen LogP contribution is -2.42. The van der Waals surface area contributed by atoms with Crippen LogP contribution < -0.4 is 10.2 Å². The van der Waals surface area contributed by atoms with Crippen LogP contribution in [0.4, 0.5) is 5.69 Å². The van der Waals surface area contributed by atoms with Crippen molar-refractivity contribution in [1.82, 2.24) is 5.32 Å². The zero-order valence-electron chi connectivity index (χ0n) is 12.1. The average Bonchev–Trinajstić information content (AvgIpc) is 2.75. The molecule has 20 heavy (non-hydrogen) atoms. The quantitative estimate of drug-likeness (QED) is 0.898. The summed E-state index contributed by atoms with van der Waals surface area (Å²) >= 11 is 0. The molecule has 0 unspecified atom stereocenters. The van der Waals surface area contributed by atoms with Crippen LogP contribution >= 0.6 is 0 Å². The number of aryl methyl sites for hydroxylation is 2. The zero-order valence-corrected chi connectivity index (χ0v) is 12.1. The number of ether oxygens (including phenoxy) is 1. The molecule has 0 aliphatic carbocycles. The van der Waals surface area contributed by atoms with Gasteiger partial charge >= 0.3 is 0 Å². The molecular weight excluding hydrogens is 256 g/mol. The van der Waals surface area contributed by atoms with Crippen molar-refractivity contribution < 1.29 is 14.3 Å². The molecule has 1 heterocycles. The third-order valence-electron chi connectivity index (χ3n) is 3.62. The molecule has 1 aliphatic rings. The third kappa shape index (κ3) is 2.99. The van der Waals surface area contributed by atoms with Crippen LogP contribution in [0.5, 0.6) is 0 Å². The lowest BCUT2D eigenvalue weighted by Gasteiger charge is -2.18. The molecule has 5 nitrogen and oxygen atoms in total. The molecule has 0 radical (unpaired) electrons. The molecule has 0 aromatic heterocycles. The van der Waals surface area contributed by atoms with Gasteiger partial charge in [0.2, 0.25) is 11.8 Å². The van der Waals surface area contributed by atoms with Crippen LogP contribution in [0.15, 0.2) is 18.2 Å². The Morgan fingerprint density at radius 1 is 1.40 bits per heavy atom. The molecular formula is C15H20N2O3. The van der Waals surface area contributed by atoms with E-state index in [1.54, 1.807) is 4.90 Å². The molecule has 2 amide bonds. The predicted molar refractivity (Wildman–Crippen MR) is 76.7 cm³/mol. The highest BCUT2D eigenvalue weighted by Gasteiger charge is 2.33. The minimum Gasteiger partial charge on any atom is -0.375 e.